The molecule has 2 N–H and O–H groups in total. The highest BCUT2D eigenvalue weighted by Gasteiger charge is 2.28. The van der Waals surface area contributed by atoms with Crippen LogP contribution in [0.1, 0.15) is 42.4 Å². The molecule has 0 spiro atoms. The Morgan fingerprint density at radius 2 is 1.85 bits per heavy atom. The number of benzene rings is 2. The molecular formula is C24H32Cl3NO4S. The Morgan fingerprint density at radius 1 is 1.06 bits per heavy atom. The highest BCUT2D eigenvalue weighted by atomic mass is 35.5. The molecule has 0 aliphatic heterocycles. The smallest absolute Gasteiger partial charge is 0.152 e. The quantitative estimate of drug-likeness (QED) is 0.398. The van der Waals surface area contributed by atoms with Crippen LogP contribution in [0.3, 0.4) is 0 Å². The average molecular weight is 537 g/mol. The van der Waals surface area contributed by atoms with Crippen LogP contribution < -0.4 is 10.5 Å². The van der Waals surface area contributed by atoms with E-state index in [0.717, 1.165) is 30.6 Å². The molecule has 2 unspecified atom stereocenters. The van der Waals surface area contributed by atoms with Crippen LogP contribution in [0.5, 0.6) is 5.75 Å². The molecule has 0 bridgehead atoms. The predicted molar refractivity (Wildman–Crippen MR) is 138 cm³/mol. The highest BCUT2D eigenvalue weighted by molar-refractivity contribution is 7.91. The van der Waals surface area contributed by atoms with Crippen LogP contribution in [-0.2, 0) is 27.4 Å². The number of halogens is 3. The maximum atomic E-state index is 12.0. The van der Waals surface area contributed by atoms with Gasteiger partial charge in [0.15, 0.2) is 9.84 Å². The molecule has 3 rings (SSSR count). The maximum absolute atomic E-state index is 12.0. The van der Waals surface area contributed by atoms with E-state index < -0.39 is 9.84 Å². The van der Waals surface area contributed by atoms with Crippen molar-refractivity contribution in [2.75, 3.05) is 31.3 Å². The fourth-order valence-corrected chi connectivity index (χ4v) is 5.53. The Morgan fingerprint density at radius 3 is 2.58 bits per heavy atom. The van der Waals surface area contributed by atoms with Gasteiger partial charge in [0.25, 0.3) is 0 Å². The lowest BCUT2D eigenvalue weighted by molar-refractivity contribution is 0.163. The summed E-state index contributed by atoms with van der Waals surface area (Å²) in [5, 5.41) is 1.08. The summed E-state index contributed by atoms with van der Waals surface area (Å²) in [4.78, 5) is 0. The minimum absolute atomic E-state index is 0. The van der Waals surface area contributed by atoms with E-state index in [2.05, 4.69) is 12.1 Å². The fraction of sp³-hybridized carbons (Fsp3) is 0.500. The van der Waals surface area contributed by atoms with Crippen LogP contribution in [0, 0.1) is 0 Å². The monoisotopic (exact) mass is 535 g/mol. The van der Waals surface area contributed by atoms with Gasteiger partial charge in [-0.05, 0) is 73.6 Å². The molecule has 0 aromatic heterocycles. The zero-order valence-corrected chi connectivity index (χ0v) is 21.9. The van der Waals surface area contributed by atoms with Crippen LogP contribution in [0.2, 0.25) is 10.0 Å². The Balaban J connectivity index is 0.00000385. The van der Waals surface area contributed by atoms with Crippen LogP contribution in [0.4, 0.5) is 0 Å². The molecule has 2 atom stereocenters. The Labute approximate surface area is 213 Å². The van der Waals surface area contributed by atoms with Crippen molar-refractivity contribution >= 4 is 45.4 Å². The van der Waals surface area contributed by atoms with Gasteiger partial charge >= 0.3 is 0 Å². The standard InChI is InChI=1S/C24H31Cl2NO4S.ClH/c1-2-30-11-13-32(28,29)12-3-10-31-19-7-5-18-6-9-24(27)21(20(18)16-19)14-17-4-8-22(25)23(26)15-17;/h4-5,7-8,15-16,21,24H,2-3,6,9-14,27H2,1H3;1H. The number of aryl methyl sites for hydroxylation is 1. The summed E-state index contributed by atoms with van der Waals surface area (Å²) in [6.45, 7) is 2.95. The van der Waals surface area contributed by atoms with Crippen LogP contribution in [0.25, 0.3) is 0 Å². The molecule has 2 aromatic carbocycles. The molecule has 1 aliphatic rings. The molecule has 2 aromatic rings. The summed E-state index contributed by atoms with van der Waals surface area (Å²) in [5.41, 5.74) is 10.1. The number of rotatable bonds is 11. The van der Waals surface area contributed by atoms with Gasteiger partial charge in [0, 0.05) is 18.6 Å². The second kappa shape index (κ2) is 13.2. The van der Waals surface area contributed by atoms with Crippen molar-refractivity contribution in [1.29, 1.82) is 0 Å². The summed E-state index contributed by atoms with van der Waals surface area (Å²) < 4.78 is 35.1. The normalized spacial score (nSPS) is 17.8. The third-order valence-corrected chi connectivity index (χ3v) is 8.27. The first-order valence-corrected chi connectivity index (χ1v) is 13.6. The van der Waals surface area contributed by atoms with Gasteiger partial charge in [0.05, 0.1) is 34.8 Å². The number of nitrogens with two attached hydrogens (primary N) is 1. The van der Waals surface area contributed by atoms with E-state index in [1.165, 1.54) is 11.1 Å². The van der Waals surface area contributed by atoms with E-state index in [-0.39, 0.29) is 42.5 Å². The molecule has 9 heteroatoms. The first-order chi connectivity index (χ1) is 15.3. The highest BCUT2D eigenvalue weighted by Crippen LogP contribution is 2.36. The summed E-state index contributed by atoms with van der Waals surface area (Å²) in [7, 11) is -3.12. The molecule has 0 saturated heterocycles. The number of hydrogen-bond acceptors (Lipinski definition) is 5. The van der Waals surface area contributed by atoms with E-state index in [9.17, 15) is 8.42 Å². The van der Waals surface area contributed by atoms with E-state index in [1.54, 1.807) is 0 Å². The SMILES string of the molecule is CCOCCS(=O)(=O)CCCOc1ccc2c(c1)C(Cc1ccc(Cl)c(Cl)c1)C(N)CC2.Cl. The third-order valence-electron chi connectivity index (χ3n) is 5.83. The first-order valence-electron chi connectivity index (χ1n) is 11.0. The zero-order valence-electron chi connectivity index (χ0n) is 18.8. The lowest BCUT2D eigenvalue weighted by atomic mass is 9.76. The lowest BCUT2D eigenvalue weighted by Crippen LogP contribution is -2.34. The molecule has 5 nitrogen and oxygen atoms in total. The number of ether oxygens (including phenoxy) is 2. The number of fused-ring (bicyclic) bond motifs is 1. The van der Waals surface area contributed by atoms with Gasteiger partial charge in [0.1, 0.15) is 5.75 Å². The van der Waals surface area contributed by atoms with E-state index >= 15 is 0 Å². The Hall–Kier alpha value is -1.02. The molecule has 0 radical (unpaired) electrons. The van der Waals surface area contributed by atoms with Gasteiger partial charge in [-0.2, -0.15) is 0 Å². The van der Waals surface area contributed by atoms with E-state index in [0.29, 0.717) is 29.7 Å². The Kier molecular flexibility index (Phi) is 11.3. The summed E-state index contributed by atoms with van der Waals surface area (Å²) in [5.74, 6) is 1.03. The van der Waals surface area contributed by atoms with E-state index in [4.69, 9.17) is 38.4 Å². The van der Waals surface area contributed by atoms with Crippen molar-refractivity contribution in [1.82, 2.24) is 0 Å². The molecule has 1 aliphatic carbocycles. The summed E-state index contributed by atoms with van der Waals surface area (Å²) in [6, 6.07) is 11.9. The lowest BCUT2D eigenvalue weighted by Gasteiger charge is -2.32. The van der Waals surface area contributed by atoms with Gasteiger partial charge in [-0.3, -0.25) is 0 Å². The third kappa shape index (κ3) is 8.30. The van der Waals surface area contributed by atoms with Crippen LogP contribution >= 0.6 is 35.6 Å². The number of sulfone groups is 1. The second-order valence-electron chi connectivity index (χ2n) is 8.17. The molecule has 0 amide bonds. The molecular weight excluding hydrogens is 505 g/mol. The topological polar surface area (TPSA) is 78.6 Å². The van der Waals surface area contributed by atoms with Gasteiger partial charge in [-0.25, -0.2) is 8.42 Å². The van der Waals surface area contributed by atoms with Crippen molar-refractivity contribution in [2.24, 2.45) is 5.73 Å². The minimum atomic E-state index is -3.12. The summed E-state index contributed by atoms with van der Waals surface area (Å²) in [6.07, 6.45) is 3.08. The Bertz CT molecular complexity index is 1020. The maximum Gasteiger partial charge on any atom is 0.152 e. The van der Waals surface area contributed by atoms with Crippen molar-refractivity contribution in [2.45, 2.75) is 44.6 Å². The largest absolute Gasteiger partial charge is 0.494 e. The van der Waals surface area contributed by atoms with Gasteiger partial charge < -0.3 is 15.2 Å². The van der Waals surface area contributed by atoms with Crippen molar-refractivity contribution in [3.63, 3.8) is 0 Å². The van der Waals surface area contributed by atoms with Gasteiger partial charge in [0.2, 0.25) is 0 Å². The predicted octanol–water partition coefficient (Wildman–Crippen LogP) is 5.24. The second-order valence-corrected chi connectivity index (χ2v) is 11.3. The minimum Gasteiger partial charge on any atom is -0.494 e. The first kappa shape index (κ1) is 28.2. The van der Waals surface area contributed by atoms with Crippen molar-refractivity contribution in [3.8, 4) is 5.75 Å². The molecule has 33 heavy (non-hydrogen) atoms. The van der Waals surface area contributed by atoms with Crippen molar-refractivity contribution in [3.05, 3.63) is 63.1 Å². The van der Waals surface area contributed by atoms with Crippen LogP contribution in [-0.4, -0.2) is 45.8 Å². The number of hydrogen-bond donors (Lipinski definition) is 1. The fourth-order valence-electron chi connectivity index (χ4n) is 4.07. The van der Waals surface area contributed by atoms with Crippen molar-refractivity contribution < 1.29 is 17.9 Å². The zero-order chi connectivity index (χ0) is 23.1. The van der Waals surface area contributed by atoms with Gasteiger partial charge in [-0.1, -0.05) is 35.3 Å². The molecule has 0 fully saturated rings. The summed E-state index contributed by atoms with van der Waals surface area (Å²) >= 11 is 12.3. The average Bonchev–Trinajstić information content (AvgIpc) is 2.76. The molecule has 184 valence electrons. The molecule has 0 saturated carbocycles. The molecule has 0 heterocycles. The van der Waals surface area contributed by atoms with E-state index in [1.807, 2.05) is 31.2 Å². The van der Waals surface area contributed by atoms with Gasteiger partial charge in [-0.15, -0.1) is 12.4 Å². The van der Waals surface area contributed by atoms with Crippen LogP contribution in [0.15, 0.2) is 36.4 Å².